The number of carbonyl (C=O) groups excluding carboxylic acids is 1. The van der Waals surface area contributed by atoms with E-state index in [-0.39, 0.29) is 29.3 Å². The molecule has 0 radical (unpaired) electrons. The van der Waals surface area contributed by atoms with E-state index in [1.54, 1.807) is 0 Å². The monoisotopic (exact) mass is 279 g/mol. The molecule has 1 aromatic carbocycles. The van der Waals surface area contributed by atoms with Gasteiger partial charge in [0.25, 0.3) is 0 Å². The summed E-state index contributed by atoms with van der Waals surface area (Å²) in [6.45, 7) is 0.225. The maximum atomic E-state index is 13.1. The molecule has 0 saturated heterocycles. The van der Waals surface area contributed by atoms with Crippen molar-refractivity contribution < 1.29 is 9.18 Å². The van der Waals surface area contributed by atoms with Crippen molar-refractivity contribution in [1.82, 2.24) is 0 Å². The Kier molecular flexibility index (Phi) is 4.04. The van der Waals surface area contributed by atoms with Gasteiger partial charge < -0.3 is 5.73 Å². The summed E-state index contributed by atoms with van der Waals surface area (Å²) in [5, 5.41) is -0.147. The minimum atomic E-state index is -0.610. The number of Topliss-reactive ketones (excluding diaryl/α,β-unsaturated/α-hetero) is 1. The van der Waals surface area contributed by atoms with Crippen LogP contribution in [-0.2, 0) is 0 Å². The molecule has 0 spiro atoms. The maximum absolute atomic E-state index is 13.1. The number of ketones is 1. The summed E-state index contributed by atoms with van der Waals surface area (Å²) in [4.78, 5) is 11.4. The predicted octanol–water partition coefficient (Wildman–Crippen LogP) is 2.77. The van der Waals surface area contributed by atoms with Crippen LogP contribution in [-0.4, -0.2) is 12.3 Å². The lowest BCUT2D eigenvalue weighted by Gasteiger charge is -2.04. The maximum Gasteiger partial charge on any atom is 0.165 e. The largest absolute Gasteiger partial charge is 0.330 e. The van der Waals surface area contributed by atoms with Crippen LogP contribution in [0.5, 0.6) is 0 Å². The number of benzene rings is 1. The van der Waals surface area contributed by atoms with E-state index >= 15 is 0 Å². The molecule has 14 heavy (non-hydrogen) atoms. The van der Waals surface area contributed by atoms with E-state index in [0.717, 1.165) is 0 Å². The topological polar surface area (TPSA) is 43.1 Å². The number of rotatable bonds is 3. The molecule has 2 nitrogen and oxygen atoms in total. The Morgan fingerprint density at radius 3 is 2.79 bits per heavy atom. The first-order valence-electron chi connectivity index (χ1n) is 3.94. The van der Waals surface area contributed by atoms with Gasteiger partial charge >= 0.3 is 0 Å². The van der Waals surface area contributed by atoms with Gasteiger partial charge in [0.05, 0.1) is 5.02 Å². The van der Waals surface area contributed by atoms with Crippen LogP contribution in [0, 0.1) is 5.82 Å². The second kappa shape index (κ2) is 4.87. The standard InChI is InChI=1S/C9H8BrClFNO/c10-5-3-6(8(14)1-2-13)9(11)7(12)4-5/h3-4H,1-2,13H2. The minimum Gasteiger partial charge on any atom is -0.330 e. The highest BCUT2D eigenvalue weighted by Crippen LogP contribution is 2.25. The zero-order chi connectivity index (χ0) is 10.7. The quantitative estimate of drug-likeness (QED) is 0.683. The Balaban J connectivity index is 3.13. The number of nitrogens with two attached hydrogens (primary N) is 1. The Hall–Kier alpha value is -0.450. The fraction of sp³-hybridized carbons (Fsp3) is 0.222. The van der Waals surface area contributed by atoms with E-state index in [2.05, 4.69) is 15.9 Å². The molecule has 0 aliphatic carbocycles. The van der Waals surface area contributed by atoms with E-state index in [9.17, 15) is 9.18 Å². The third kappa shape index (κ3) is 2.53. The molecule has 1 rings (SSSR count). The van der Waals surface area contributed by atoms with Crippen LogP contribution >= 0.6 is 27.5 Å². The third-order valence-corrected chi connectivity index (χ3v) is 2.51. The van der Waals surface area contributed by atoms with Crippen molar-refractivity contribution >= 4 is 33.3 Å². The summed E-state index contributed by atoms with van der Waals surface area (Å²) < 4.78 is 13.6. The summed E-state index contributed by atoms with van der Waals surface area (Å²) in [6, 6.07) is 2.70. The van der Waals surface area contributed by atoms with Crippen molar-refractivity contribution in [2.45, 2.75) is 6.42 Å². The van der Waals surface area contributed by atoms with Crippen molar-refractivity contribution in [2.75, 3.05) is 6.54 Å². The number of hydrogen-bond donors (Lipinski definition) is 1. The molecule has 0 amide bonds. The summed E-state index contributed by atoms with van der Waals surface area (Å²) in [6.07, 6.45) is 0.162. The molecular formula is C9H8BrClFNO. The second-order valence-electron chi connectivity index (χ2n) is 2.71. The van der Waals surface area contributed by atoms with Gasteiger partial charge in [-0.2, -0.15) is 0 Å². The summed E-state index contributed by atoms with van der Waals surface area (Å²) in [5.74, 6) is -0.862. The average Bonchev–Trinajstić information content (AvgIpc) is 2.11. The zero-order valence-electron chi connectivity index (χ0n) is 7.19. The summed E-state index contributed by atoms with van der Waals surface area (Å²) >= 11 is 8.72. The van der Waals surface area contributed by atoms with E-state index in [1.165, 1.54) is 12.1 Å². The zero-order valence-corrected chi connectivity index (χ0v) is 9.53. The van der Waals surface area contributed by atoms with E-state index in [1.807, 2.05) is 0 Å². The molecule has 1 aromatic rings. The van der Waals surface area contributed by atoms with Gasteiger partial charge in [-0.05, 0) is 18.7 Å². The first-order valence-corrected chi connectivity index (χ1v) is 5.11. The first-order chi connectivity index (χ1) is 6.56. The van der Waals surface area contributed by atoms with Crippen LogP contribution in [0.1, 0.15) is 16.8 Å². The molecule has 0 unspecified atom stereocenters. The predicted molar refractivity (Wildman–Crippen MR) is 57.1 cm³/mol. The Morgan fingerprint density at radius 2 is 2.21 bits per heavy atom. The normalized spacial score (nSPS) is 10.3. The van der Waals surface area contributed by atoms with Gasteiger partial charge in [-0.15, -0.1) is 0 Å². The Labute approximate surface area is 94.4 Å². The van der Waals surface area contributed by atoms with E-state index in [0.29, 0.717) is 4.47 Å². The van der Waals surface area contributed by atoms with Crippen molar-refractivity contribution in [3.8, 4) is 0 Å². The van der Waals surface area contributed by atoms with Crippen molar-refractivity contribution in [3.05, 3.63) is 33.0 Å². The molecule has 0 aromatic heterocycles. The van der Waals surface area contributed by atoms with Crippen LogP contribution in [0.3, 0.4) is 0 Å². The van der Waals surface area contributed by atoms with Crippen molar-refractivity contribution in [1.29, 1.82) is 0 Å². The minimum absolute atomic E-state index is 0.147. The number of halogens is 3. The highest BCUT2D eigenvalue weighted by Gasteiger charge is 2.14. The van der Waals surface area contributed by atoms with Crippen LogP contribution in [0.15, 0.2) is 16.6 Å². The Morgan fingerprint density at radius 1 is 1.57 bits per heavy atom. The lowest BCUT2D eigenvalue weighted by atomic mass is 10.1. The number of hydrogen-bond acceptors (Lipinski definition) is 2. The molecule has 0 saturated carbocycles. The smallest absolute Gasteiger partial charge is 0.165 e. The summed E-state index contributed by atoms with van der Waals surface area (Å²) in [7, 11) is 0. The molecule has 2 N–H and O–H groups in total. The highest BCUT2D eigenvalue weighted by atomic mass is 79.9. The fourth-order valence-electron chi connectivity index (χ4n) is 1.02. The SMILES string of the molecule is NCCC(=O)c1cc(Br)cc(F)c1Cl. The molecule has 0 fully saturated rings. The van der Waals surface area contributed by atoms with Gasteiger partial charge in [-0.1, -0.05) is 27.5 Å². The lowest BCUT2D eigenvalue weighted by Crippen LogP contribution is -2.09. The summed E-state index contributed by atoms with van der Waals surface area (Å²) in [5.41, 5.74) is 5.39. The highest BCUT2D eigenvalue weighted by molar-refractivity contribution is 9.10. The van der Waals surface area contributed by atoms with E-state index < -0.39 is 5.82 Å². The third-order valence-electron chi connectivity index (χ3n) is 1.66. The lowest BCUT2D eigenvalue weighted by molar-refractivity contribution is 0.0985. The average molecular weight is 281 g/mol. The molecular weight excluding hydrogens is 272 g/mol. The molecule has 0 aliphatic rings. The Bertz CT molecular complexity index is 370. The second-order valence-corrected chi connectivity index (χ2v) is 4.00. The molecule has 0 bridgehead atoms. The molecule has 76 valence electrons. The van der Waals surface area contributed by atoms with Gasteiger partial charge in [-0.25, -0.2) is 4.39 Å². The van der Waals surface area contributed by atoms with Gasteiger partial charge in [0, 0.05) is 16.5 Å². The van der Waals surface area contributed by atoms with Gasteiger partial charge in [0.15, 0.2) is 5.78 Å². The van der Waals surface area contributed by atoms with Crippen molar-refractivity contribution in [2.24, 2.45) is 5.73 Å². The van der Waals surface area contributed by atoms with Crippen LogP contribution in [0.25, 0.3) is 0 Å². The van der Waals surface area contributed by atoms with Crippen LogP contribution in [0.2, 0.25) is 5.02 Å². The molecule has 0 aliphatic heterocycles. The molecule has 0 atom stereocenters. The van der Waals surface area contributed by atoms with Crippen molar-refractivity contribution in [3.63, 3.8) is 0 Å². The molecule has 5 heteroatoms. The van der Waals surface area contributed by atoms with Gasteiger partial charge in [0.1, 0.15) is 5.82 Å². The molecule has 0 heterocycles. The van der Waals surface area contributed by atoms with Gasteiger partial charge in [-0.3, -0.25) is 4.79 Å². The van der Waals surface area contributed by atoms with Gasteiger partial charge in [0.2, 0.25) is 0 Å². The van der Waals surface area contributed by atoms with Crippen LogP contribution in [0.4, 0.5) is 4.39 Å². The van der Waals surface area contributed by atoms with Crippen LogP contribution < -0.4 is 5.73 Å². The first kappa shape index (κ1) is 11.6. The van der Waals surface area contributed by atoms with E-state index in [4.69, 9.17) is 17.3 Å². The fourth-order valence-corrected chi connectivity index (χ4v) is 1.67. The number of carbonyl (C=O) groups is 1.